The number of thioether (sulfide) groups is 1. The summed E-state index contributed by atoms with van der Waals surface area (Å²) in [4.78, 5) is 11.8. The van der Waals surface area contributed by atoms with Gasteiger partial charge >= 0.3 is 6.09 Å². The van der Waals surface area contributed by atoms with Gasteiger partial charge in [0, 0.05) is 23.9 Å². The number of carbonyl (C=O) groups excluding carboxylic acids is 1. The Labute approximate surface area is 145 Å². The fraction of sp³-hybridized carbons (Fsp3) is 0.944. The van der Waals surface area contributed by atoms with Crippen molar-refractivity contribution < 1.29 is 9.53 Å². The molecule has 0 radical (unpaired) electrons. The molecule has 2 fully saturated rings. The molecule has 0 aromatic heterocycles. The molecule has 0 heterocycles. The lowest BCUT2D eigenvalue weighted by atomic mass is 10.0. The van der Waals surface area contributed by atoms with E-state index in [2.05, 4.69) is 16.9 Å². The molecule has 5 heteroatoms. The Balaban J connectivity index is 1.75. The Hall–Kier alpha value is -0.420. The standard InChI is InChI=1S/C18H34N2O2S/c1-17(2,3)22-16(21)19-12-14-8-7-9-15(14)20-13-18(23-4)10-5-6-11-18/h14-15,20H,5-13H2,1-4H3,(H,19,21). The van der Waals surface area contributed by atoms with E-state index in [0.717, 1.165) is 13.1 Å². The molecule has 0 spiro atoms. The maximum absolute atomic E-state index is 11.8. The van der Waals surface area contributed by atoms with Crippen LogP contribution in [-0.4, -0.2) is 41.8 Å². The van der Waals surface area contributed by atoms with Gasteiger partial charge in [-0.3, -0.25) is 0 Å². The maximum atomic E-state index is 11.8. The van der Waals surface area contributed by atoms with Crippen LogP contribution >= 0.6 is 11.8 Å². The van der Waals surface area contributed by atoms with Crippen molar-refractivity contribution in [2.24, 2.45) is 5.92 Å². The third-order valence-electron chi connectivity index (χ3n) is 5.20. The van der Waals surface area contributed by atoms with Gasteiger partial charge in [-0.05, 0) is 58.6 Å². The third kappa shape index (κ3) is 5.86. The zero-order chi connectivity index (χ0) is 16.9. The molecule has 0 aromatic rings. The SMILES string of the molecule is CSC1(CNC2CCCC2CNC(=O)OC(C)(C)C)CCCC1. The Morgan fingerprint density at radius 3 is 2.52 bits per heavy atom. The average Bonchev–Trinajstić information content (AvgIpc) is 3.11. The molecule has 0 aromatic carbocycles. The highest BCUT2D eigenvalue weighted by Crippen LogP contribution is 2.40. The summed E-state index contributed by atoms with van der Waals surface area (Å²) in [5, 5.41) is 6.78. The van der Waals surface area contributed by atoms with E-state index in [9.17, 15) is 4.79 Å². The van der Waals surface area contributed by atoms with Crippen molar-refractivity contribution in [1.82, 2.24) is 10.6 Å². The lowest BCUT2D eigenvalue weighted by molar-refractivity contribution is 0.0517. The van der Waals surface area contributed by atoms with Crippen LogP contribution in [0.1, 0.15) is 65.7 Å². The molecule has 1 amide bonds. The lowest BCUT2D eigenvalue weighted by Gasteiger charge is -2.31. The minimum absolute atomic E-state index is 0.292. The average molecular weight is 343 g/mol. The molecule has 134 valence electrons. The third-order valence-corrected chi connectivity index (χ3v) is 6.62. The minimum Gasteiger partial charge on any atom is -0.444 e. The van der Waals surface area contributed by atoms with Crippen LogP contribution in [0.5, 0.6) is 0 Å². The molecule has 2 aliphatic carbocycles. The fourth-order valence-electron chi connectivity index (χ4n) is 3.87. The van der Waals surface area contributed by atoms with Gasteiger partial charge in [0.05, 0.1) is 0 Å². The quantitative estimate of drug-likeness (QED) is 0.767. The van der Waals surface area contributed by atoms with Crippen LogP contribution in [0.15, 0.2) is 0 Å². The van der Waals surface area contributed by atoms with Gasteiger partial charge in [0.2, 0.25) is 0 Å². The number of hydrogen-bond donors (Lipinski definition) is 2. The Bertz CT molecular complexity index is 389. The fourth-order valence-corrected chi connectivity index (χ4v) is 4.79. The van der Waals surface area contributed by atoms with Gasteiger partial charge in [0.1, 0.15) is 5.60 Å². The first kappa shape index (κ1) is 18.9. The highest BCUT2D eigenvalue weighted by Gasteiger charge is 2.35. The first-order valence-electron chi connectivity index (χ1n) is 9.09. The summed E-state index contributed by atoms with van der Waals surface area (Å²) in [5.41, 5.74) is -0.426. The van der Waals surface area contributed by atoms with Crippen LogP contribution < -0.4 is 10.6 Å². The van der Waals surface area contributed by atoms with Crippen LogP contribution in [0.25, 0.3) is 0 Å². The predicted octanol–water partition coefficient (Wildman–Crippen LogP) is 3.95. The molecule has 2 rings (SSSR count). The Kier molecular flexibility index (Phi) is 6.66. The van der Waals surface area contributed by atoms with Crippen LogP contribution in [0.3, 0.4) is 0 Å². The summed E-state index contributed by atoms with van der Waals surface area (Å²) >= 11 is 2.04. The van der Waals surface area contributed by atoms with Gasteiger partial charge in [-0.1, -0.05) is 19.3 Å². The summed E-state index contributed by atoms with van der Waals surface area (Å²) in [5.74, 6) is 0.530. The van der Waals surface area contributed by atoms with Gasteiger partial charge in [-0.2, -0.15) is 11.8 Å². The largest absolute Gasteiger partial charge is 0.444 e. The second kappa shape index (κ2) is 8.11. The Morgan fingerprint density at radius 2 is 1.91 bits per heavy atom. The molecule has 23 heavy (non-hydrogen) atoms. The summed E-state index contributed by atoms with van der Waals surface area (Å²) < 4.78 is 5.78. The van der Waals surface area contributed by atoms with E-state index in [0.29, 0.717) is 16.7 Å². The van der Waals surface area contributed by atoms with E-state index in [1.807, 2.05) is 32.5 Å². The topological polar surface area (TPSA) is 50.4 Å². The van der Waals surface area contributed by atoms with Crippen LogP contribution in [0, 0.1) is 5.92 Å². The molecule has 4 nitrogen and oxygen atoms in total. The molecule has 2 atom stereocenters. The first-order valence-corrected chi connectivity index (χ1v) is 10.3. The second-order valence-corrected chi connectivity index (χ2v) is 9.43. The number of hydrogen-bond acceptors (Lipinski definition) is 4. The smallest absolute Gasteiger partial charge is 0.407 e. The lowest BCUT2D eigenvalue weighted by Crippen LogP contribution is -2.45. The van der Waals surface area contributed by atoms with Gasteiger partial charge in [-0.15, -0.1) is 0 Å². The number of nitrogens with one attached hydrogen (secondary N) is 2. The molecule has 2 aliphatic rings. The molecular formula is C18H34N2O2S. The Morgan fingerprint density at radius 1 is 1.22 bits per heavy atom. The molecule has 2 N–H and O–H groups in total. The molecule has 0 saturated heterocycles. The summed E-state index contributed by atoms with van der Waals surface area (Å²) in [6.45, 7) is 7.53. The van der Waals surface area contributed by atoms with Crippen molar-refractivity contribution in [3.63, 3.8) is 0 Å². The van der Waals surface area contributed by atoms with Crippen LogP contribution in [0.2, 0.25) is 0 Å². The zero-order valence-electron chi connectivity index (χ0n) is 15.2. The second-order valence-electron chi connectivity index (χ2n) is 8.16. The van der Waals surface area contributed by atoms with Crippen molar-refractivity contribution in [2.75, 3.05) is 19.3 Å². The summed E-state index contributed by atoms with van der Waals surface area (Å²) in [6, 6.07) is 0.537. The number of alkyl carbamates (subject to hydrolysis) is 1. The molecular weight excluding hydrogens is 308 g/mol. The number of amides is 1. The summed E-state index contributed by atoms with van der Waals surface area (Å²) in [7, 11) is 0. The van der Waals surface area contributed by atoms with E-state index in [4.69, 9.17) is 4.74 Å². The number of carbonyl (C=O) groups is 1. The normalized spacial score (nSPS) is 27.1. The van der Waals surface area contributed by atoms with E-state index >= 15 is 0 Å². The van der Waals surface area contributed by atoms with Crippen LogP contribution in [0.4, 0.5) is 4.79 Å². The first-order chi connectivity index (χ1) is 10.8. The maximum Gasteiger partial charge on any atom is 0.407 e. The monoisotopic (exact) mass is 342 g/mol. The van der Waals surface area contributed by atoms with Crippen molar-refractivity contribution in [3.8, 4) is 0 Å². The number of ether oxygens (including phenoxy) is 1. The molecule has 0 aliphatic heterocycles. The van der Waals surface area contributed by atoms with Gasteiger partial charge < -0.3 is 15.4 Å². The van der Waals surface area contributed by atoms with Crippen molar-refractivity contribution in [3.05, 3.63) is 0 Å². The molecule has 2 saturated carbocycles. The van der Waals surface area contributed by atoms with E-state index in [-0.39, 0.29) is 6.09 Å². The van der Waals surface area contributed by atoms with Gasteiger partial charge in [0.15, 0.2) is 0 Å². The van der Waals surface area contributed by atoms with E-state index in [1.165, 1.54) is 44.9 Å². The van der Waals surface area contributed by atoms with Crippen molar-refractivity contribution in [1.29, 1.82) is 0 Å². The zero-order valence-corrected chi connectivity index (χ0v) is 16.1. The molecule has 2 unspecified atom stereocenters. The molecule has 0 bridgehead atoms. The van der Waals surface area contributed by atoms with Crippen molar-refractivity contribution in [2.45, 2.75) is 82.1 Å². The minimum atomic E-state index is -0.426. The highest BCUT2D eigenvalue weighted by molar-refractivity contribution is 8.00. The summed E-state index contributed by atoms with van der Waals surface area (Å²) in [6.07, 6.45) is 11.1. The van der Waals surface area contributed by atoms with Crippen LogP contribution in [-0.2, 0) is 4.74 Å². The highest BCUT2D eigenvalue weighted by atomic mass is 32.2. The van der Waals surface area contributed by atoms with Gasteiger partial charge in [-0.25, -0.2) is 4.79 Å². The number of rotatable bonds is 6. The van der Waals surface area contributed by atoms with Gasteiger partial charge in [0.25, 0.3) is 0 Å². The predicted molar refractivity (Wildman–Crippen MR) is 98.1 cm³/mol. The van der Waals surface area contributed by atoms with Crippen molar-refractivity contribution >= 4 is 17.9 Å². The van der Waals surface area contributed by atoms with E-state index in [1.54, 1.807) is 0 Å². The van der Waals surface area contributed by atoms with E-state index < -0.39 is 5.60 Å².